The van der Waals surface area contributed by atoms with Crippen LogP contribution in [0.4, 0.5) is 0 Å². The molecule has 5 nitrogen and oxygen atoms in total. The zero-order valence-electron chi connectivity index (χ0n) is 18.3. The van der Waals surface area contributed by atoms with Crippen molar-refractivity contribution in [3.63, 3.8) is 0 Å². The lowest BCUT2D eigenvalue weighted by Gasteiger charge is -2.06. The number of nitrogens with zero attached hydrogens (tertiary/aromatic N) is 2. The molecule has 0 aliphatic heterocycles. The van der Waals surface area contributed by atoms with Crippen molar-refractivity contribution in [2.24, 2.45) is 0 Å². The number of methoxy groups -OCH3 is 1. The third-order valence-corrected chi connectivity index (χ3v) is 6.10. The molecule has 31 heavy (non-hydrogen) atoms. The predicted molar refractivity (Wildman–Crippen MR) is 126 cm³/mol. The molecule has 3 rings (SSSR count). The number of Topliss-reactive ketones (excluding diaryl/α,β-unsaturated/α-hetero) is 1. The Balaban J connectivity index is 1.44. The molecule has 0 radical (unpaired) electrons. The predicted octanol–water partition coefficient (Wildman–Crippen LogP) is 6.44. The third kappa shape index (κ3) is 7.26. The van der Waals surface area contributed by atoms with Gasteiger partial charge in [0.2, 0.25) is 0 Å². The minimum atomic E-state index is 0.0600. The molecule has 0 saturated carbocycles. The molecule has 0 amide bonds. The Morgan fingerprint density at radius 2 is 1.29 bits per heavy atom. The molecule has 0 aliphatic rings. The van der Waals surface area contributed by atoms with Crippen molar-refractivity contribution in [3.8, 4) is 26.9 Å². The Morgan fingerprint density at radius 1 is 0.774 bits per heavy atom. The monoisotopic (exact) mass is 438 g/mol. The van der Waals surface area contributed by atoms with E-state index in [1.807, 2.05) is 48.5 Å². The van der Waals surface area contributed by atoms with Gasteiger partial charge in [-0.3, -0.25) is 4.79 Å². The van der Waals surface area contributed by atoms with Crippen LogP contribution in [0.15, 0.2) is 48.5 Å². The molecule has 0 aliphatic carbocycles. The third-order valence-electron chi connectivity index (χ3n) is 5.08. The molecular formula is C25H30N2O3S. The summed E-state index contributed by atoms with van der Waals surface area (Å²) in [7, 11) is 1.76. The quantitative estimate of drug-likeness (QED) is 0.227. The molecule has 0 atom stereocenters. The van der Waals surface area contributed by atoms with Crippen LogP contribution in [-0.2, 0) is 4.74 Å². The van der Waals surface area contributed by atoms with E-state index in [1.54, 1.807) is 14.0 Å². The van der Waals surface area contributed by atoms with Gasteiger partial charge in [-0.25, -0.2) is 0 Å². The lowest BCUT2D eigenvalue weighted by Crippen LogP contribution is -1.97. The van der Waals surface area contributed by atoms with Gasteiger partial charge in [-0.1, -0.05) is 61.3 Å². The summed E-state index contributed by atoms with van der Waals surface area (Å²) in [6.45, 7) is 3.18. The van der Waals surface area contributed by atoms with E-state index < -0.39 is 0 Å². The highest BCUT2D eigenvalue weighted by Crippen LogP contribution is 2.31. The van der Waals surface area contributed by atoms with E-state index in [-0.39, 0.29) is 5.78 Å². The summed E-state index contributed by atoms with van der Waals surface area (Å²) >= 11 is 1.54. The summed E-state index contributed by atoms with van der Waals surface area (Å²) in [6, 6.07) is 15.5. The summed E-state index contributed by atoms with van der Waals surface area (Å²) in [6.07, 6.45) is 7.20. The fraction of sp³-hybridized carbons (Fsp3) is 0.400. The van der Waals surface area contributed by atoms with Crippen molar-refractivity contribution >= 4 is 17.1 Å². The van der Waals surface area contributed by atoms with Crippen LogP contribution >= 0.6 is 11.3 Å². The van der Waals surface area contributed by atoms with Gasteiger partial charge in [0, 0.05) is 30.4 Å². The molecule has 0 fully saturated rings. The molecule has 6 heteroatoms. The molecule has 1 aromatic heterocycles. The molecule has 1 heterocycles. The first-order chi connectivity index (χ1) is 15.2. The Bertz CT molecular complexity index is 936. The summed E-state index contributed by atoms with van der Waals surface area (Å²) in [5.74, 6) is 0.943. The van der Waals surface area contributed by atoms with Crippen molar-refractivity contribution in [1.29, 1.82) is 0 Å². The first-order valence-corrected chi connectivity index (χ1v) is 11.7. The van der Waals surface area contributed by atoms with Gasteiger partial charge < -0.3 is 9.47 Å². The smallest absolute Gasteiger partial charge is 0.159 e. The average molecular weight is 439 g/mol. The van der Waals surface area contributed by atoms with Crippen LogP contribution in [0.3, 0.4) is 0 Å². The van der Waals surface area contributed by atoms with Crippen LogP contribution in [0.1, 0.15) is 55.8 Å². The molecule has 0 unspecified atom stereocenters. The van der Waals surface area contributed by atoms with E-state index >= 15 is 0 Å². The normalized spacial score (nSPS) is 10.9. The Morgan fingerprint density at radius 3 is 1.84 bits per heavy atom. The Hall–Kier alpha value is -2.57. The van der Waals surface area contributed by atoms with Crippen molar-refractivity contribution in [3.05, 3.63) is 54.1 Å². The van der Waals surface area contributed by atoms with Crippen molar-refractivity contribution in [1.82, 2.24) is 10.2 Å². The number of carbonyl (C=O) groups excluding carboxylic acids is 1. The van der Waals surface area contributed by atoms with Gasteiger partial charge >= 0.3 is 0 Å². The second kappa shape index (κ2) is 12.3. The summed E-state index contributed by atoms with van der Waals surface area (Å²) in [5.41, 5.74) is 2.69. The van der Waals surface area contributed by atoms with Crippen molar-refractivity contribution in [2.45, 2.75) is 45.4 Å². The number of ketones is 1. The van der Waals surface area contributed by atoms with Crippen LogP contribution in [0.5, 0.6) is 5.75 Å². The van der Waals surface area contributed by atoms with Gasteiger partial charge in [0.25, 0.3) is 0 Å². The highest BCUT2D eigenvalue weighted by molar-refractivity contribution is 7.17. The first kappa shape index (κ1) is 23.1. The van der Waals surface area contributed by atoms with E-state index in [0.29, 0.717) is 5.56 Å². The molecule has 164 valence electrons. The van der Waals surface area contributed by atoms with E-state index in [2.05, 4.69) is 10.2 Å². The van der Waals surface area contributed by atoms with E-state index in [9.17, 15) is 4.79 Å². The summed E-state index contributed by atoms with van der Waals surface area (Å²) < 4.78 is 10.9. The average Bonchev–Trinajstić information content (AvgIpc) is 3.29. The number of rotatable bonds is 13. The maximum Gasteiger partial charge on any atom is 0.159 e. The molecular weight excluding hydrogens is 408 g/mol. The van der Waals surface area contributed by atoms with Gasteiger partial charge in [-0.15, -0.1) is 10.2 Å². The highest BCUT2D eigenvalue weighted by atomic mass is 32.1. The maximum absolute atomic E-state index is 11.4. The van der Waals surface area contributed by atoms with Crippen LogP contribution in [-0.4, -0.2) is 36.3 Å². The number of benzene rings is 2. The Labute approximate surface area is 188 Å². The van der Waals surface area contributed by atoms with Gasteiger partial charge in [0.1, 0.15) is 15.8 Å². The van der Waals surface area contributed by atoms with Crippen molar-refractivity contribution < 1.29 is 14.3 Å². The van der Waals surface area contributed by atoms with Crippen molar-refractivity contribution in [2.75, 3.05) is 20.3 Å². The maximum atomic E-state index is 11.4. The Kier molecular flexibility index (Phi) is 9.18. The molecule has 0 bridgehead atoms. The number of ether oxygens (including phenoxy) is 2. The van der Waals surface area contributed by atoms with E-state index in [0.717, 1.165) is 52.9 Å². The fourth-order valence-electron chi connectivity index (χ4n) is 3.24. The minimum Gasteiger partial charge on any atom is -0.494 e. The highest BCUT2D eigenvalue weighted by Gasteiger charge is 2.09. The number of hydrogen-bond acceptors (Lipinski definition) is 6. The minimum absolute atomic E-state index is 0.0600. The summed E-state index contributed by atoms with van der Waals surface area (Å²) in [5, 5.41) is 10.3. The molecule has 3 aromatic rings. The van der Waals surface area contributed by atoms with Crippen LogP contribution in [0.25, 0.3) is 21.1 Å². The fourth-order valence-corrected chi connectivity index (χ4v) is 4.10. The largest absolute Gasteiger partial charge is 0.494 e. The molecule has 2 aromatic carbocycles. The lowest BCUT2D eigenvalue weighted by atomic mass is 10.1. The number of unbranched alkanes of at least 4 members (excludes halogenated alkanes) is 5. The van der Waals surface area contributed by atoms with Gasteiger partial charge in [0.05, 0.1) is 6.61 Å². The van der Waals surface area contributed by atoms with E-state index in [4.69, 9.17) is 9.47 Å². The molecule has 0 N–H and O–H groups in total. The van der Waals surface area contributed by atoms with Gasteiger partial charge in [-0.05, 0) is 44.0 Å². The van der Waals surface area contributed by atoms with Gasteiger partial charge in [-0.2, -0.15) is 0 Å². The second-order valence-electron chi connectivity index (χ2n) is 7.53. The zero-order chi connectivity index (χ0) is 21.9. The first-order valence-electron chi connectivity index (χ1n) is 10.8. The second-order valence-corrected chi connectivity index (χ2v) is 8.51. The summed E-state index contributed by atoms with van der Waals surface area (Å²) in [4.78, 5) is 11.4. The number of hydrogen-bond donors (Lipinski definition) is 0. The molecule has 0 saturated heterocycles. The van der Waals surface area contributed by atoms with Crippen LogP contribution in [0.2, 0.25) is 0 Å². The lowest BCUT2D eigenvalue weighted by molar-refractivity contribution is 0.101. The SMILES string of the molecule is COCCCCCCCCOc1ccc(-c2nnc(-c3ccc(C(C)=O)cc3)s2)cc1. The number of carbonyl (C=O) groups is 1. The topological polar surface area (TPSA) is 61.3 Å². The van der Waals surface area contributed by atoms with Gasteiger partial charge in [0.15, 0.2) is 5.78 Å². The standard InChI is InChI=1S/C25H30N2O3S/c1-19(28)20-9-11-21(12-10-20)24-26-27-25(31-24)22-13-15-23(16-14-22)30-18-8-6-4-3-5-7-17-29-2/h9-16H,3-8,17-18H2,1-2H3. The van der Waals surface area contributed by atoms with E-state index in [1.165, 1.54) is 37.0 Å². The number of aromatic nitrogens is 2. The zero-order valence-corrected chi connectivity index (χ0v) is 19.1. The van der Waals surface area contributed by atoms with Crippen LogP contribution in [0, 0.1) is 0 Å². The van der Waals surface area contributed by atoms with Crippen LogP contribution < -0.4 is 4.74 Å². The molecule has 0 spiro atoms.